The summed E-state index contributed by atoms with van der Waals surface area (Å²) < 4.78 is 6.65. The summed E-state index contributed by atoms with van der Waals surface area (Å²) in [6.07, 6.45) is 3.00. The number of benzene rings is 2. The molecule has 216 valence electrons. The first kappa shape index (κ1) is 29.5. The summed E-state index contributed by atoms with van der Waals surface area (Å²) in [4.78, 5) is 47.5. The summed E-state index contributed by atoms with van der Waals surface area (Å²) in [5, 5.41) is 10.7. The highest BCUT2D eigenvalue weighted by atomic mass is 79.9. The van der Waals surface area contributed by atoms with Gasteiger partial charge in [-0.25, -0.2) is 0 Å². The average molecular weight is 643 g/mol. The molecule has 2 aromatic carbocycles. The Hall–Kier alpha value is -2.98. The zero-order valence-electron chi connectivity index (χ0n) is 22.7. The molecule has 0 radical (unpaired) electrons. The monoisotopic (exact) mass is 641 g/mol. The Bertz CT molecular complexity index is 1340. The summed E-state index contributed by atoms with van der Waals surface area (Å²) in [5.41, 5.74) is -0.00188. The fraction of sp³-hybridized carbons (Fsp3) is 0.387. The van der Waals surface area contributed by atoms with Gasteiger partial charge in [-0.2, -0.15) is 0 Å². The van der Waals surface area contributed by atoms with E-state index in [-0.39, 0.29) is 42.2 Å². The van der Waals surface area contributed by atoms with Crippen molar-refractivity contribution in [3.05, 3.63) is 84.9 Å². The van der Waals surface area contributed by atoms with Crippen molar-refractivity contribution in [3.8, 4) is 0 Å². The minimum atomic E-state index is -1.26. The largest absolute Gasteiger partial charge is 0.394 e. The fourth-order valence-electron chi connectivity index (χ4n) is 6.65. The number of para-hydroxylation sites is 1. The molecule has 7 atom stereocenters. The second-order valence-electron chi connectivity index (χ2n) is 10.7. The molecule has 3 heterocycles. The van der Waals surface area contributed by atoms with Crippen LogP contribution >= 0.6 is 27.5 Å². The van der Waals surface area contributed by atoms with Gasteiger partial charge in [0.2, 0.25) is 11.8 Å². The second-order valence-corrected chi connectivity index (χ2v) is 12.3. The minimum Gasteiger partial charge on any atom is -0.394 e. The molecule has 2 bridgehead atoms. The molecule has 2 aromatic rings. The van der Waals surface area contributed by atoms with Crippen LogP contribution in [0.25, 0.3) is 0 Å². The van der Waals surface area contributed by atoms with E-state index < -0.39 is 35.6 Å². The molecule has 3 unspecified atom stereocenters. The molecule has 3 saturated heterocycles. The van der Waals surface area contributed by atoms with E-state index in [4.69, 9.17) is 16.3 Å². The van der Waals surface area contributed by atoms with Crippen LogP contribution in [0.4, 0.5) is 11.4 Å². The Morgan fingerprint density at radius 3 is 2.27 bits per heavy atom. The fourth-order valence-corrected chi connectivity index (χ4v) is 7.72. The Morgan fingerprint density at radius 1 is 1.10 bits per heavy atom. The molecule has 3 aliphatic heterocycles. The van der Waals surface area contributed by atoms with Gasteiger partial charge in [0.15, 0.2) is 0 Å². The molecule has 0 aliphatic carbocycles. The molecule has 0 saturated carbocycles. The van der Waals surface area contributed by atoms with Crippen LogP contribution in [0.3, 0.4) is 0 Å². The number of aliphatic hydroxyl groups is 1. The standard InChI is InChI=1S/C31H33BrClN3O5/c1-4-15-34(21-9-7-6-8-10-21)28(38)24-25-29(39)36(19(3)18-37)27(31(25)17-23(32)26(24)41-31)30(40)35(16-5-2)22-13-11-20(33)12-14-22/h4-14,19,23-27,37H,1-2,15-18H2,3H3/t19-,23?,24+,25+,26+,27?,31?/m1/s1. The SMILES string of the molecule is C=CCN(C(=O)C1N([C@H](C)CO)C(=O)[C@@H]2[C@H](C(=O)N(CC=C)c3ccccc3)[C@H]3OC12CC3Br)c1ccc(Cl)cc1. The average Bonchev–Trinajstić information content (AvgIpc) is 3.57. The Kier molecular flexibility index (Phi) is 8.43. The van der Waals surface area contributed by atoms with Crippen molar-refractivity contribution in [2.24, 2.45) is 11.8 Å². The maximum atomic E-state index is 14.5. The molecule has 1 spiro atoms. The van der Waals surface area contributed by atoms with E-state index >= 15 is 0 Å². The predicted octanol–water partition coefficient (Wildman–Crippen LogP) is 4.21. The van der Waals surface area contributed by atoms with Crippen molar-refractivity contribution >= 4 is 56.6 Å². The molecule has 3 amide bonds. The molecular weight excluding hydrogens is 610 g/mol. The van der Waals surface area contributed by atoms with Crippen LogP contribution in [-0.2, 0) is 19.1 Å². The maximum absolute atomic E-state index is 14.5. The second kappa shape index (κ2) is 11.7. The number of nitrogens with zero attached hydrogens (tertiary/aromatic N) is 3. The van der Waals surface area contributed by atoms with Gasteiger partial charge in [0.1, 0.15) is 11.6 Å². The smallest absolute Gasteiger partial charge is 0.253 e. The van der Waals surface area contributed by atoms with Gasteiger partial charge in [-0.3, -0.25) is 14.4 Å². The normalized spacial score (nSPS) is 28.7. The van der Waals surface area contributed by atoms with E-state index in [1.54, 1.807) is 53.1 Å². The number of anilines is 2. The van der Waals surface area contributed by atoms with E-state index in [2.05, 4.69) is 29.1 Å². The molecule has 1 N–H and O–H groups in total. The zero-order chi connectivity index (χ0) is 29.5. The number of aliphatic hydroxyl groups excluding tert-OH is 1. The Labute approximate surface area is 253 Å². The lowest BCUT2D eigenvalue weighted by Crippen LogP contribution is -2.59. The van der Waals surface area contributed by atoms with Gasteiger partial charge in [0.25, 0.3) is 5.91 Å². The van der Waals surface area contributed by atoms with E-state index in [0.717, 1.165) is 0 Å². The number of halogens is 2. The number of amides is 3. The predicted molar refractivity (Wildman–Crippen MR) is 162 cm³/mol. The summed E-state index contributed by atoms with van der Waals surface area (Å²) in [6, 6.07) is 14.3. The highest BCUT2D eigenvalue weighted by molar-refractivity contribution is 9.09. The van der Waals surface area contributed by atoms with Crippen LogP contribution in [-0.4, -0.2) is 76.0 Å². The molecule has 3 aliphatic rings. The van der Waals surface area contributed by atoms with Crippen molar-refractivity contribution < 1.29 is 24.2 Å². The third kappa shape index (κ3) is 4.82. The van der Waals surface area contributed by atoms with Crippen LogP contribution in [0.1, 0.15) is 13.3 Å². The number of alkyl halides is 1. The molecule has 10 heteroatoms. The number of likely N-dealkylation sites (tertiary alicyclic amines) is 1. The van der Waals surface area contributed by atoms with Gasteiger partial charge in [0, 0.05) is 34.3 Å². The van der Waals surface area contributed by atoms with Gasteiger partial charge in [-0.15, -0.1) is 13.2 Å². The van der Waals surface area contributed by atoms with Crippen molar-refractivity contribution in [2.45, 2.75) is 42.0 Å². The minimum absolute atomic E-state index is 0.178. The highest BCUT2D eigenvalue weighted by Gasteiger charge is 2.77. The lowest BCUT2D eigenvalue weighted by molar-refractivity contribution is -0.143. The molecule has 5 rings (SSSR count). The number of hydrogen-bond acceptors (Lipinski definition) is 5. The third-order valence-corrected chi connectivity index (χ3v) is 9.44. The van der Waals surface area contributed by atoms with Gasteiger partial charge < -0.3 is 24.5 Å². The topological polar surface area (TPSA) is 90.4 Å². The van der Waals surface area contributed by atoms with Crippen LogP contribution in [0.15, 0.2) is 79.9 Å². The number of hydrogen-bond donors (Lipinski definition) is 1. The van der Waals surface area contributed by atoms with Crippen LogP contribution in [0.5, 0.6) is 0 Å². The quantitative estimate of drug-likeness (QED) is 0.310. The molecular formula is C31H33BrClN3O5. The lowest BCUT2D eigenvalue weighted by Gasteiger charge is -2.38. The summed E-state index contributed by atoms with van der Waals surface area (Å²) in [7, 11) is 0. The van der Waals surface area contributed by atoms with E-state index in [0.29, 0.717) is 22.8 Å². The molecule has 3 fully saturated rings. The number of carbonyl (C=O) groups is 3. The van der Waals surface area contributed by atoms with Gasteiger partial charge in [0.05, 0.1) is 30.6 Å². The summed E-state index contributed by atoms with van der Waals surface area (Å²) in [5.74, 6) is -2.75. The first-order chi connectivity index (χ1) is 19.7. The summed E-state index contributed by atoms with van der Waals surface area (Å²) >= 11 is 9.83. The first-order valence-corrected chi connectivity index (χ1v) is 14.9. The van der Waals surface area contributed by atoms with E-state index in [9.17, 15) is 19.5 Å². The van der Waals surface area contributed by atoms with Crippen LogP contribution in [0, 0.1) is 11.8 Å². The van der Waals surface area contributed by atoms with Crippen molar-refractivity contribution in [1.82, 2.24) is 4.90 Å². The zero-order valence-corrected chi connectivity index (χ0v) is 25.1. The number of carbonyl (C=O) groups excluding carboxylic acids is 3. The van der Waals surface area contributed by atoms with Gasteiger partial charge in [-0.1, -0.05) is 57.9 Å². The van der Waals surface area contributed by atoms with Crippen molar-refractivity contribution in [1.29, 1.82) is 0 Å². The van der Waals surface area contributed by atoms with Crippen LogP contribution in [0.2, 0.25) is 5.02 Å². The van der Waals surface area contributed by atoms with Crippen LogP contribution < -0.4 is 9.80 Å². The van der Waals surface area contributed by atoms with Gasteiger partial charge in [-0.05, 0) is 49.7 Å². The van der Waals surface area contributed by atoms with Crippen molar-refractivity contribution in [3.63, 3.8) is 0 Å². The third-order valence-electron chi connectivity index (χ3n) is 8.35. The Morgan fingerprint density at radius 2 is 1.68 bits per heavy atom. The maximum Gasteiger partial charge on any atom is 0.253 e. The van der Waals surface area contributed by atoms with E-state index in [1.165, 1.54) is 4.90 Å². The molecule has 0 aromatic heterocycles. The number of fused-ring (bicyclic) bond motifs is 1. The Balaban J connectivity index is 1.60. The lowest BCUT2D eigenvalue weighted by atomic mass is 9.70. The highest BCUT2D eigenvalue weighted by Crippen LogP contribution is 2.61. The summed E-state index contributed by atoms with van der Waals surface area (Å²) in [6.45, 7) is 9.42. The first-order valence-electron chi connectivity index (χ1n) is 13.6. The number of rotatable bonds is 10. The molecule has 8 nitrogen and oxygen atoms in total. The number of ether oxygens (including phenoxy) is 1. The van der Waals surface area contributed by atoms with Crippen molar-refractivity contribution in [2.75, 3.05) is 29.5 Å². The molecule has 41 heavy (non-hydrogen) atoms. The van der Waals surface area contributed by atoms with E-state index in [1.807, 2.05) is 30.3 Å². The van der Waals surface area contributed by atoms with Gasteiger partial charge >= 0.3 is 0 Å².